The number of rotatable bonds is 3. The molecular formula is C19H26N4O. The van der Waals surface area contributed by atoms with Crippen LogP contribution in [0.25, 0.3) is 11.0 Å². The predicted octanol–water partition coefficient (Wildman–Crippen LogP) is 2.42. The lowest BCUT2D eigenvalue weighted by Crippen LogP contribution is -2.47. The van der Waals surface area contributed by atoms with Crippen LogP contribution in [-0.4, -0.2) is 61.3 Å². The fourth-order valence-corrected chi connectivity index (χ4v) is 4.47. The standard InChI is InChI=1S/C19H26N4O/c1-22(2)17-8-13-11-23(12-14(13)9-18(17)24-3)19-10-20-15-6-4-5-7-16(15)21-19/h4-7,10,13-14,17-18H,8-9,11-12H2,1-3H3/t13-,14+,17-,18-/m1/s1. The number of anilines is 1. The second-order valence-electron chi connectivity index (χ2n) is 7.42. The van der Waals surface area contributed by atoms with Gasteiger partial charge in [-0.1, -0.05) is 12.1 Å². The van der Waals surface area contributed by atoms with Crippen LogP contribution in [0.3, 0.4) is 0 Å². The van der Waals surface area contributed by atoms with Gasteiger partial charge in [0.25, 0.3) is 0 Å². The molecule has 0 unspecified atom stereocenters. The number of benzene rings is 1. The van der Waals surface area contributed by atoms with Crippen molar-refractivity contribution in [3.8, 4) is 0 Å². The highest BCUT2D eigenvalue weighted by molar-refractivity contribution is 5.75. The average molecular weight is 326 g/mol. The molecule has 1 aliphatic carbocycles. The quantitative estimate of drug-likeness (QED) is 0.866. The molecule has 0 spiro atoms. The molecule has 1 saturated carbocycles. The van der Waals surface area contributed by atoms with Crippen LogP contribution in [0.1, 0.15) is 12.8 Å². The molecule has 0 bridgehead atoms. The zero-order chi connectivity index (χ0) is 16.7. The van der Waals surface area contributed by atoms with Crippen molar-refractivity contribution in [2.24, 2.45) is 11.8 Å². The number of ether oxygens (including phenoxy) is 1. The summed E-state index contributed by atoms with van der Waals surface area (Å²) in [5.74, 6) is 2.43. The van der Waals surface area contributed by atoms with Crippen molar-refractivity contribution in [1.29, 1.82) is 0 Å². The maximum absolute atomic E-state index is 5.78. The van der Waals surface area contributed by atoms with Gasteiger partial charge < -0.3 is 14.5 Å². The first-order valence-corrected chi connectivity index (χ1v) is 8.81. The molecule has 4 atom stereocenters. The molecule has 5 heteroatoms. The SMILES string of the molecule is CO[C@@H]1C[C@H]2CN(c3cnc4ccccc4n3)C[C@H]2C[C@H]1N(C)C. The van der Waals surface area contributed by atoms with Gasteiger partial charge in [0.15, 0.2) is 0 Å². The van der Waals surface area contributed by atoms with Crippen LogP contribution in [0, 0.1) is 11.8 Å². The third-order valence-corrected chi connectivity index (χ3v) is 5.81. The Hall–Kier alpha value is -1.72. The monoisotopic (exact) mass is 326 g/mol. The van der Waals surface area contributed by atoms with Gasteiger partial charge in [0.2, 0.25) is 0 Å². The van der Waals surface area contributed by atoms with Crippen molar-refractivity contribution < 1.29 is 4.74 Å². The first-order valence-electron chi connectivity index (χ1n) is 8.81. The number of likely N-dealkylation sites (N-methyl/N-ethyl adjacent to an activating group) is 1. The van der Waals surface area contributed by atoms with Gasteiger partial charge in [0, 0.05) is 26.2 Å². The zero-order valence-electron chi connectivity index (χ0n) is 14.7. The Bertz CT molecular complexity index is 719. The molecule has 24 heavy (non-hydrogen) atoms. The summed E-state index contributed by atoms with van der Waals surface area (Å²) >= 11 is 0. The van der Waals surface area contributed by atoms with Gasteiger partial charge in [0.1, 0.15) is 5.82 Å². The number of fused-ring (bicyclic) bond motifs is 2. The van der Waals surface area contributed by atoms with E-state index in [1.165, 1.54) is 6.42 Å². The maximum Gasteiger partial charge on any atom is 0.147 e. The summed E-state index contributed by atoms with van der Waals surface area (Å²) in [5, 5.41) is 0. The molecule has 4 rings (SSSR count). The fourth-order valence-electron chi connectivity index (χ4n) is 4.47. The van der Waals surface area contributed by atoms with Crippen molar-refractivity contribution in [1.82, 2.24) is 14.9 Å². The topological polar surface area (TPSA) is 41.5 Å². The van der Waals surface area contributed by atoms with Crippen LogP contribution in [0.4, 0.5) is 5.82 Å². The molecule has 1 aromatic heterocycles. The Morgan fingerprint density at radius 2 is 1.79 bits per heavy atom. The van der Waals surface area contributed by atoms with Crippen molar-refractivity contribution in [3.05, 3.63) is 30.5 Å². The van der Waals surface area contributed by atoms with E-state index in [0.29, 0.717) is 18.1 Å². The highest BCUT2D eigenvalue weighted by Crippen LogP contribution is 2.40. The molecule has 1 aromatic carbocycles. The molecular weight excluding hydrogens is 300 g/mol. The highest BCUT2D eigenvalue weighted by atomic mass is 16.5. The van der Waals surface area contributed by atoms with Gasteiger partial charge in [0.05, 0.1) is 23.3 Å². The van der Waals surface area contributed by atoms with E-state index in [1.54, 1.807) is 0 Å². The minimum atomic E-state index is 0.337. The number of aromatic nitrogens is 2. The number of nitrogens with zero attached hydrogens (tertiary/aromatic N) is 4. The number of para-hydroxylation sites is 2. The van der Waals surface area contributed by atoms with Crippen LogP contribution < -0.4 is 4.90 Å². The molecule has 2 heterocycles. The molecule has 2 aromatic rings. The van der Waals surface area contributed by atoms with E-state index in [1.807, 2.05) is 37.6 Å². The zero-order valence-corrected chi connectivity index (χ0v) is 14.7. The lowest BCUT2D eigenvalue weighted by Gasteiger charge is -2.40. The highest BCUT2D eigenvalue weighted by Gasteiger charge is 2.43. The summed E-state index contributed by atoms with van der Waals surface area (Å²) in [4.78, 5) is 14.1. The van der Waals surface area contributed by atoms with Crippen molar-refractivity contribution in [2.45, 2.75) is 25.0 Å². The van der Waals surface area contributed by atoms with E-state index in [4.69, 9.17) is 9.72 Å². The Labute approximate surface area is 143 Å². The number of hydrogen-bond donors (Lipinski definition) is 0. The van der Waals surface area contributed by atoms with E-state index in [-0.39, 0.29) is 0 Å². The van der Waals surface area contributed by atoms with Gasteiger partial charge in [-0.3, -0.25) is 4.98 Å². The van der Waals surface area contributed by atoms with Crippen molar-refractivity contribution >= 4 is 16.9 Å². The summed E-state index contributed by atoms with van der Waals surface area (Å²) in [7, 11) is 6.18. The summed E-state index contributed by atoms with van der Waals surface area (Å²) in [5.41, 5.74) is 1.94. The van der Waals surface area contributed by atoms with Crippen molar-refractivity contribution in [3.63, 3.8) is 0 Å². The molecule has 0 radical (unpaired) electrons. The molecule has 2 fully saturated rings. The van der Waals surface area contributed by atoms with Gasteiger partial charge in [-0.05, 0) is 50.9 Å². The summed E-state index contributed by atoms with van der Waals surface area (Å²) in [6.45, 7) is 2.15. The molecule has 1 aliphatic heterocycles. The van der Waals surface area contributed by atoms with Gasteiger partial charge in [-0.2, -0.15) is 0 Å². The van der Waals surface area contributed by atoms with Gasteiger partial charge in [-0.25, -0.2) is 4.98 Å². The molecule has 2 aliphatic rings. The minimum Gasteiger partial charge on any atom is -0.380 e. The molecule has 128 valence electrons. The van der Waals surface area contributed by atoms with Gasteiger partial charge >= 0.3 is 0 Å². The van der Waals surface area contributed by atoms with E-state index >= 15 is 0 Å². The molecule has 0 N–H and O–H groups in total. The Morgan fingerprint density at radius 3 is 2.50 bits per heavy atom. The second-order valence-corrected chi connectivity index (χ2v) is 7.42. The van der Waals surface area contributed by atoms with E-state index in [0.717, 1.165) is 42.3 Å². The average Bonchev–Trinajstić information content (AvgIpc) is 3.03. The van der Waals surface area contributed by atoms with Crippen LogP contribution in [0.5, 0.6) is 0 Å². The Balaban J connectivity index is 1.55. The van der Waals surface area contributed by atoms with Crippen molar-refractivity contribution in [2.75, 3.05) is 39.2 Å². The normalized spacial score (nSPS) is 30.1. The fraction of sp³-hybridized carbons (Fsp3) is 0.579. The summed E-state index contributed by atoms with van der Waals surface area (Å²) in [6.07, 6.45) is 4.61. The first-order chi connectivity index (χ1) is 11.7. The largest absolute Gasteiger partial charge is 0.380 e. The van der Waals surface area contributed by atoms with Gasteiger partial charge in [-0.15, -0.1) is 0 Å². The summed E-state index contributed by atoms with van der Waals surface area (Å²) in [6, 6.07) is 8.60. The van der Waals surface area contributed by atoms with E-state index < -0.39 is 0 Å². The van der Waals surface area contributed by atoms with Crippen LogP contribution in [-0.2, 0) is 4.74 Å². The first kappa shape index (κ1) is 15.8. The smallest absolute Gasteiger partial charge is 0.147 e. The minimum absolute atomic E-state index is 0.337. The molecule has 5 nitrogen and oxygen atoms in total. The van der Waals surface area contributed by atoms with E-state index in [9.17, 15) is 0 Å². The molecule has 1 saturated heterocycles. The third kappa shape index (κ3) is 2.76. The molecule has 0 amide bonds. The Kier molecular flexibility index (Phi) is 4.14. The van der Waals surface area contributed by atoms with E-state index in [2.05, 4.69) is 28.9 Å². The lowest BCUT2D eigenvalue weighted by atomic mass is 9.77. The third-order valence-electron chi connectivity index (χ3n) is 5.81. The van der Waals surface area contributed by atoms with Crippen LogP contribution >= 0.6 is 0 Å². The predicted molar refractivity (Wildman–Crippen MR) is 96.2 cm³/mol. The summed E-state index contributed by atoms with van der Waals surface area (Å²) < 4.78 is 5.78. The lowest BCUT2D eigenvalue weighted by molar-refractivity contribution is -0.0209. The maximum atomic E-state index is 5.78. The van der Waals surface area contributed by atoms with Crippen LogP contribution in [0.15, 0.2) is 30.5 Å². The van der Waals surface area contributed by atoms with Crippen LogP contribution in [0.2, 0.25) is 0 Å². The number of methoxy groups -OCH3 is 1. The Morgan fingerprint density at radius 1 is 1.08 bits per heavy atom. The number of hydrogen-bond acceptors (Lipinski definition) is 5. The second kappa shape index (κ2) is 6.30.